The van der Waals surface area contributed by atoms with Gasteiger partial charge in [0.1, 0.15) is 11.9 Å². The number of allylic oxidation sites excluding steroid dienone is 3. The second-order valence-electron chi connectivity index (χ2n) is 4.08. The molecule has 1 aliphatic carbocycles. The van der Waals surface area contributed by atoms with E-state index >= 15 is 0 Å². The molecule has 0 unspecified atom stereocenters. The molecule has 1 aliphatic rings. The van der Waals surface area contributed by atoms with E-state index in [0.717, 1.165) is 4.48 Å². The zero-order chi connectivity index (χ0) is 12.2. The summed E-state index contributed by atoms with van der Waals surface area (Å²) in [6.45, 7) is 1.87. The fourth-order valence-electron chi connectivity index (χ4n) is 1.92. The Morgan fingerprint density at radius 2 is 2.31 bits per heavy atom. The highest BCUT2D eigenvalue weighted by molar-refractivity contribution is 9.11. The first-order chi connectivity index (χ1) is 7.53. The van der Waals surface area contributed by atoms with Gasteiger partial charge in [-0.25, -0.2) is 0 Å². The average molecular weight is 287 g/mol. The van der Waals surface area contributed by atoms with Gasteiger partial charge in [0.25, 0.3) is 0 Å². The molecule has 0 heterocycles. The summed E-state index contributed by atoms with van der Waals surface area (Å²) in [7, 11) is 0. The van der Waals surface area contributed by atoms with Crippen LogP contribution in [-0.4, -0.2) is 23.3 Å². The molecule has 0 aromatic heterocycles. The molecule has 1 rings (SSSR count). The molecule has 0 saturated carbocycles. The third-order valence-electron chi connectivity index (χ3n) is 3.02. The summed E-state index contributed by atoms with van der Waals surface area (Å²) < 4.78 is 0.856. The molecule has 2 atom stereocenters. The van der Waals surface area contributed by atoms with E-state index in [9.17, 15) is 14.7 Å². The second kappa shape index (κ2) is 5.06. The Labute approximate surface area is 103 Å². The van der Waals surface area contributed by atoms with Crippen LogP contribution in [0.3, 0.4) is 0 Å². The van der Waals surface area contributed by atoms with Gasteiger partial charge in [-0.15, -0.1) is 0 Å². The maximum atomic E-state index is 11.3. The first kappa shape index (κ1) is 13.3. The van der Waals surface area contributed by atoms with Crippen molar-refractivity contribution in [3.8, 4) is 0 Å². The van der Waals surface area contributed by atoms with Crippen LogP contribution in [0.2, 0.25) is 0 Å². The maximum absolute atomic E-state index is 11.3. The van der Waals surface area contributed by atoms with E-state index < -0.39 is 11.0 Å². The lowest BCUT2D eigenvalue weighted by molar-refractivity contribution is -0.144. The van der Waals surface area contributed by atoms with Crippen molar-refractivity contribution in [1.29, 1.82) is 0 Å². The van der Waals surface area contributed by atoms with Gasteiger partial charge in [-0.3, -0.25) is 0 Å². The summed E-state index contributed by atoms with van der Waals surface area (Å²) in [5.41, 5.74) is -2.73. The predicted molar refractivity (Wildman–Crippen MR) is 65.2 cm³/mol. The predicted octanol–water partition coefficient (Wildman–Crippen LogP) is 2.14. The van der Waals surface area contributed by atoms with Crippen molar-refractivity contribution in [1.82, 2.24) is 0 Å². The number of hydrogen-bond donors (Lipinski definition) is 1. The van der Waals surface area contributed by atoms with Crippen molar-refractivity contribution in [2.24, 2.45) is 5.41 Å². The first-order valence-corrected chi connectivity index (χ1v) is 6.03. The maximum Gasteiger partial charge on any atom is 0.152 e. The van der Waals surface area contributed by atoms with E-state index in [0.29, 0.717) is 25.4 Å². The highest BCUT2D eigenvalue weighted by Crippen LogP contribution is 2.40. The smallest absolute Gasteiger partial charge is 0.152 e. The molecular weight excluding hydrogens is 272 g/mol. The average Bonchev–Trinajstić information content (AvgIpc) is 2.30. The van der Waals surface area contributed by atoms with Crippen LogP contribution in [0, 0.1) is 5.41 Å². The molecule has 0 bridgehead atoms. The Hall–Kier alpha value is -0.740. The Morgan fingerprint density at radius 1 is 1.62 bits per heavy atom. The third-order valence-corrected chi connectivity index (χ3v) is 3.61. The second-order valence-corrected chi connectivity index (χ2v) is 4.99. The van der Waals surface area contributed by atoms with Crippen LogP contribution < -0.4 is 0 Å². The Bertz CT molecular complexity index is 348. The van der Waals surface area contributed by atoms with Crippen LogP contribution in [0.1, 0.15) is 26.2 Å². The summed E-state index contributed by atoms with van der Waals surface area (Å²) in [4.78, 5) is 22.3. The van der Waals surface area contributed by atoms with E-state index in [1.165, 1.54) is 0 Å². The molecule has 0 aromatic rings. The molecule has 1 N–H and O–H groups in total. The lowest BCUT2D eigenvalue weighted by Crippen LogP contribution is -2.50. The summed E-state index contributed by atoms with van der Waals surface area (Å²) in [6, 6.07) is 0. The quantitative estimate of drug-likeness (QED) is 0.788. The number of aliphatic hydroxyl groups is 1. The molecule has 0 radical (unpaired) electrons. The monoisotopic (exact) mass is 286 g/mol. The zero-order valence-corrected chi connectivity index (χ0v) is 10.7. The van der Waals surface area contributed by atoms with Crippen LogP contribution in [0.5, 0.6) is 0 Å². The molecule has 0 aliphatic heterocycles. The Balaban J connectivity index is 3.10. The third kappa shape index (κ3) is 2.18. The van der Waals surface area contributed by atoms with Crippen LogP contribution in [0.15, 0.2) is 22.7 Å². The van der Waals surface area contributed by atoms with Gasteiger partial charge in [-0.05, 0) is 12.8 Å². The van der Waals surface area contributed by atoms with Crippen molar-refractivity contribution in [2.45, 2.75) is 31.8 Å². The van der Waals surface area contributed by atoms with Crippen molar-refractivity contribution in [3.05, 3.63) is 22.7 Å². The zero-order valence-electron chi connectivity index (χ0n) is 9.15. The molecule has 0 aromatic carbocycles. The highest BCUT2D eigenvalue weighted by atomic mass is 79.9. The lowest BCUT2D eigenvalue weighted by Gasteiger charge is -2.38. The number of carbonyl (C=O) groups is 2. The molecule has 0 amide bonds. The SMILES string of the molecule is CCC[C@@](O)(C=O)[C@]1(C=O)C=CC(Br)=CC1. The van der Waals surface area contributed by atoms with Crippen LogP contribution >= 0.6 is 15.9 Å². The van der Waals surface area contributed by atoms with Gasteiger partial charge in [0.15, 0.2) is 6.29 Å². The number of aldehydes is 2. The van der Waals surface area contributed by atoms with Gasteiger partial charge in [-0.1, -0.05) is 47.5 Å². The number of halogens is 1. The van der Waals surface area contributed by atoms with E-state index in [4.69, 9.17) is 0 Å². The topological polar surface area (TPSA) is 54.4 Å². The molecule has 88 valence electrons. The molecule has 16 heavy (non-hydrogen) atoms. The molecular formula is C12H15BrO3. The molecule has 0 spiro atoms. The largest absolute Gasteiger partial charge is 0.381 e. The lowest BCUT2D eigenvalue weighted by atomic mass is 9.67. The van der Waals surface area contributed by atoms with Gasteiger partial charge < -0.3 is 14.7 Å². The minimum Gasteiger partial charge on any atom is -0.381 e. The summed E-state index contributed by atoms with van der Waals surface area (Å²) in [6.07, 6.45) is 7.51. The minimum absolute atomic E-state index is 0.283. The Kier molecular flexibility index (Phi) is 4.21. The molecule has 3 nitrogen and oxygen atoms in total. The number of hydrogen-bond acceptors (Lipinski definition) is 3. The Morgan fingerprint density at radius 3 is 2.69 bits per heavy atom. The van der Waals surface area contributed by atoms with Gasteiger partial charge in [0.2, 0.25) is 0 Å². The van der Waals surface area contributed by atoms with Gasteiger partial charge in [-0.2, -0.15) is 0 Å². The summed E-state index contributed by atoms with van der Waals surface area (Å²) in [5.74, 6) is 0. The van der Waals surface area contributed by atoms with E-state index in [1.807, 2.05) is 6.92 Å². The highest BCUT2D eigenvalue weighted by Gasteiger charge is 2.48. The van der Waals surface area contributed by atoms with Crippen LogP contribution in [0.25, 0.3) is 0 Å². The number of rotatable bonds is 5. The summed E-state index contributed by atoms with van der Waals surface area (Å²) >= 11 is 3.29. The fourth-order valence-corrected chi connectivity index (χ4v) is 2.22. The van der Waals surface area contributed by atoms with Gasteiger partial charge in [0, 0.05) is 4.48 Å². The normalized spacial score (nSPS) is 28.1. The van der Waals surface area contributed by atoms with Crippen molar-refractivity contribution >= 4 is 28.5 Å². The van der Waals surface area contributed by atoms with Crippen LogP contribution in [0.4, 0.5) is 0 Å². The van der Waals surface area contributed by atoms with Crippen molar-refractivity contribution in [3.63, 3.8) is 0 Å². The van der Waals surface area contributed by atoms with Crippen molar-refractivity contribution < 1.29 is 14.7 Å². The first-order valence-electron chi connectivity index (χ1n) is 5.23. The molecule has 0 fully saturated rings. The standard InChI is InChI=1S/C12H15BrO3/c1-2-5-12(16,9-15)11(8-14)6-3-10(13)4-7-11/h3-4,6,8-9,16H,2,5,7H2,1H3/t11-,12-/m1/s1. The van der Waals surface area contributed by atoms with E-state index in [-0.39, 0.29) is 6.42 Å². The van der Waals surface area contributed by atoms with Crippen molar-refractivity contribution in [2.75, 3.05) is 0 Å². The fraction of sp³-hybridized carbons (Fsp3) is 0.500. The summed E-state index contributed by atoms with van der Waals surface area (Å²) in [5, 5.41) is 10.3. The van der Waals surface area contributed by atoms with Gasteiger partial charge >= 0.3 is 0 Å². The number of carbonyl (C=O) groups excluding carboxylic acids is 2. The van der Waals surface area contributed by atoms with E-state index in [2.05, 4.69) is 15.9 Å². The van der Waals surface area contributed by atoms with E-state index in [1.54, 1.807) is 18.2 Å². The molecule has 0 saturated heterocycles. The minimum atomic E-state index is -1.61. The van der Waals surface area contributed by atoms with Crippen LogP contribution in [-0.2, 0) is 9.59 Å². The van der Waals surface area contributed by atoms with Gasteiger partial charge in [0.05, 0.1) is 5.41 Å². The molecule has 4 heteroatoms.